The van der Waals surface area contributed by atoms with E-state index in [0.717, 1.165) is 0 Å². The molecule has 9 heavy (non-hydrogen) atoms. The largest absolute Gasteiger partial charge is 0.542 e. The fourth-order valence-electron chi connectivity index (χ4n) is 0.164. The maximum Gasteiger partial charge on any atom is 0.214 e. The second kappa shape index (κ2) is 3.45. The number of Topliss-reactive ketones (excluding diaryl/α,β-unsaturated/α-hetero) is 1. The molecule has 6 heteroatoms. The van der Waals surface area contributed by atoms with Crippen LogP contribution in [0.3, 0.4) is 0 Å². The zero-order valence-electron chi connectivity index (χ0n) is 4.33. The number of rotatable bonds is 3. The van der Waals surface area contributed by atoms with Crippen LogP contribution in [0.15, 0.2) is 5.11 Å². The lowest BCUT2D eigenvalue weighted by Gasteiger charge is -1.89. The van der Waals surface area contributed by atoms with Crippen LogP contribution in [-0.2, 0) is 9.59 Å². The van der Waals surface area contributed by atoms with Gasteiger partial charge in [0.2, 0.25) is 10.7 Å². The topological polar surface area (TPSA) is 108 Å². The summed E-state index contributed by atoms with van der Waals surface area (Å²) in [4.78, 5) is 22.0. The number of nitrogens with zero attached hydrogens (tertiary/aromatic N) is 2. The van der Waals surface area contributed by atoms with Gasteiger partial charge >= 0.3 is 0 Å². The minimum absolute atomic E-state index is 0.619. The quantitative estimate of drug-likeness (QED) is 0.266. The van der Waals surface area contributed by atoms with Crippen molar-refractivity contribution in [1.82, 2.24) is 4.91 Å². The standard InChI is InChI=1S/C3H3N3O3/c4-6-5-1-2(7)3(8)9/h4H,1H2. The first-order chi connectivity index (χ1) is 4.18. The van der Waals surface area contributed by atoms with E-state index >= 15 is 0 Å². The van der Waals surface area contributed by atoms with Crippen LogP contribution >= 0.6 is 0 Å². The Bertz CT molecular complexity index is 181. The van der Waals surface area contributed by atoms with Gasteiger partial charge in [-0.1, -0.05) is 0 Å². The molecule has 6 nitrogen and oxygen atoms in total. The highest BCUT2D eigenvalue weighted by atomic mass is 16.4. The second-order valence-electron chi connectivity index (χ2n) is 1.11. The molecule has 1 N–H and O–H groups in total. The minimum atomic E-state index is -1.80. The van der Waals surface area contributed by atoms with Crippen LogP contribution in [0.4, 0.5) is 0 Å². The summed E-state index contributed by atoms with van der Waals surface area (Å²) in [6.45, 7) is -0.619. The molecule has 48 valence electrons. The average molecular weight is 129 g/mol. The lowest BCUT2D eigenvalue weighted by Crippen LogP contribution is -2.33. The highest BCUT2D eigenvalue weighted by Crippen LogP contribution is 1.68. The average Bonchev–Trinajstić information content (AvgIpc) is 1.82. The number of nitrogens with one attached hydrogen (secondary N) is 1. The fraction of sp³-hybridized carbons (Fsp3) is 0.333. The molecule has 0 unspecified atom stereocenters. The molecule has 0 fully saturated rings. The van der Waals surface area contributed by atoms with E-state index < -0.39 is 18.3 Å². The van der Waals surface area contributed by atoms with Crippen molar-refractivity contribution in [2.45, 2.75) is 0 Å². The fourth-order valence-corrected chi connectivity index (χ4v) is 0.164. The van der Waals surface area contributed by atoms with Crippen molar-refractivity contribution in [3.63, 3.8) is 0 Å². The van der Waals surface area contributed by atoms with Crippen molar-refractivity contribution in [1.29, 1.82) is 5.53 Å². The Labute approximate surface area is 49.7 Å². The van der Waals surface area contributed by atoms with Gasteiger partial charge in [0, 0.05) is 0 Å². The van der Waals surface area contributed by atoms with Crippen LogP contribution in [0.2, 0.25) is 0 Å². The maximum atomic E-state index is 10.0. The Morgan fingerprint density at radius 1 is 1.67 bits per heavy atom. The number of carbonyl (C=O) groups is 2. The van der Waals surface area contributed by atoms with Crippen LogP contribution in [0, 0.1) is 5.53 Å². The van der Waals surface area contributed by atoms with Crippen molar-refractivity contribution >= 4 is 11.8 Å². The lowest BCUT2D eigenvalue weighted by atomic mass is 10.4. The molecule has 0 aliphatic carbocycles. The van der Waals surface area contributed by atoms with Gasteiger partial charge in [0.05, 0.1) is 0 Å². The molecule has 0 atom stereocenters. The molecule has 0 aromatic rings. The van der Waals surface area contributed by atoms with Gasteiger partial charge in [-0.2, -0.15) is 0 Å². The first kappa shape index (κ1) is 7.45. The normalized spacial score (nSPS) is 7.56. The zero-order valence-corrected chi connectivity index (χ0v) is 4.33. The second-order valence-corrected chi connectivity index (χ2v) is 1.11. The van der Waals surface area contributed by atoms with Crippen molar-refractivity contribution in [2.24, 2.45) is 5.11 Å². The summed E-state index contributed by atoms with van der Waals surface area (Å²) < 4.78 is 0. The number of ketones is 1. The van der Waals surface area contributed by atoms with Crippen LogP contribution in [0.5, 0.6) is 0 Å². The van der Waals surface area contributed by atoms with E-state index in [4.69, 9.17) is 5.53 Å². The Balaban J connectivity index is 3.78. The summed E-state index contributed by atoms with van der Waals surface area (Å²) >= 11 is 0. The number of carboxylic acid groups (broad SMARTS) is 1. The van der Waals surface area contributed by atoms with E-state index in [1.807, 2.05) is 0 Å². The summed E-state index contributed by atoms with van der Waals surface area (Å²) in [5.74, 6) is -2.98. The molecule has 0 saturated carbocycles. The first-order valence-corrected chi connectivity index (χ1v) is 1.96. The van der Waals surface area contributed by atoms with E-state index in [9.17, 15) is 14.7 Å². The Hall–Kier alpha value is -1.55. The third kappa shape index (κ3) is 3.07. The van der Waals surface area contributed by atoms with Gasteiger partial charge in [0.25, 0.3) is 0 Å². The molecule has 0 bridgehead atoms. The first-order valence-electron chi connectivity index (χ1n) is 1.96. The number of carbonyl (C=O) groups excluding carboxylic acids is 2. The van der Waals surface area contributed by atoms with Gasteiger partial charge < -0.3 is 9.90 Å². The predicted octanol–water partition coefficient (Wildman–Crippen LogP) is -2.14. The van der Waals surface area contributed by atoms with Crippen molar-refractivity contribution in [3.8, 4) is 0 Å². The third-order valence-electron chi connectivity index (χ3n) is 0.513. The molecule has 0 aromatic carbocycles. The molecular formula is C3H3N3O3. The van der Waals surface area contributed by atoms with E-state index in [0.29, 0.717) is 0 Å². The molecule has 0 aliphatic rings. The van der Waals surface area contributed by atoms with Gasteiger partial charge in [-0.3, -0.25) is 4.79 Å². The zero-order chi connectivity index (χ0) is 7.28. The molecule has 0 spiro atoms. The molecule has 0 rings (SSSR count). The lowest BCUT2D eigenvalue weighted by molar-refractivity contribution is -0.299. The van der Waals surface area contributed by atoms with Gasteiger partial charge in [-0.05, 0) is 0 Å². The van der Waals surface area contributed by atoms with E-state index in [1.165, 1.54) is 0 Å². The number of hydrogen-bond donors (Lipinski definition) is 1. The molecule has 0 saturated heterocycles. The highest BCUT2D eigenvalue weighted by molar-refractivity contribution is 6.32. The Kier molecular flexibility index (Phi) is 2.86. The van der Waals surface area contributed by atoms with Gasteiger partial charge in [-0.25, -0.2) is 0 Å². The van der Waals surface area contributed by atoms with Crippen molar-refractivity contribution in [3.05, 3.63) is 0 Å². The maximum absolute atomic E-state index is 10.0. The van der Waals surface area contributed by atoms with Crippen LogP contribution in [0.1, 0.15) is 0 Å². The Morgan fingerprint density at radius 3 is 2.56 bits per heavy atom. The minimum Gasteiger partial charge on any atom is -0.542 e. The van der Waals surface area contributed by atoms with Crippen molar-refractivity contribution in [2.75, 3.05) is 6.54 Å². The smallest absolute Gasteiger partial charge is 0.214 e. The monoisotopic (exact) mass is 129 g/mol. The summed E-state index contributed by atoms with van der Waals surface area (Å²) in [6, 6.07) is 0. The van der Waals surface area contributed by atoms with E-state index in [-0.39, 0.29) is 0 Å². The molecule has 0 amide bonds. The van der Waals surface area contributed by atoms with Crippen LogP contribution < -0.4 is 10.0 Å². The summed E-state index contributed by atoms with van der Waals surface area (Å²) in [5.41, 5.74) is 6.03. The molecule has 0 heterocycles. The summed E-state index contributed by atoms with van der Waals surface area (Å²) in [5, 5.41) is 12.4. The van der Waals surface area contributed by atoms with Gasteiger partial charge in [0.1, 0.15) is 16.6 Å². The SMILES string of the molecule is N=[N+]=NCC(=O)C(=O)[O-]. The van der Waals surface area contributed by atoms with Crippen molar-refractivity contribution < 1.29 is 14.7 Å². The predicted molar refractivity (Wildman–Crippen MR) is 22.2 cm³/mol. The number of carboxylic acids is 1. The molecule has 0 aliphatic heterocycles. The van der Waals surface area contributed by atoms with E-state index in [2.05, 4.69) is 10.0 Å². The van der Waals surface area contributed by atoms with Crippen LogP contribution in [-0.4, -0.2) is 18.3 Å². The highest BCUT2D eigenvalue weighted by Gasteiger charge is 2.02. The molecule has 0 radical (unpaired) electrons. The molecule has 0 aromatic heterocycles. The Morgan fingerprint density at radius 2 is 2.22 bits per heavy atom. The molecular weight excluding hydrogens is 126 g/mol. The summed E-state index contributed by atoms with van der Waals surface area (Å²) in [7, 11) is 0. The number of aliphatic carboxylic acids is 1. The van der Waals surface area contributed by atoms with E-state index in [1.54, 1.807) is 0 Å². The van der Waals surface area contributed by atoms with Crippen LogP contribution in [0.25, 0.3) is 0 Å². The number of hydrogen-bond acceptors (Lipinski definition) is 5. The summed E-state index contributed by atoms with van der Waals surface area (Å²) in [6.07, 6.45) is 0. The van der Waals surface area contributed by atoms with Gasteiger partial charge in [0.15, 0.2) is 6.54 Å². The third-order valence-corrected chi connectivity index (χ3v) is 0.513. The van der Waals surface area contributed by atoms with Gasteiger partial charge in [-0.15, -0.1) is 0 Å².